The van der Waals surface area contributed by atoms with Crippen molar-refractivity contribution in [3.05, 3.63) is 29.6 Å². The monoisotopic (exact) mass is 248 g/mol. The summed E-state index contributed by atoms with van der Waals surface area (Å²) in [4.78, 5) is 4.57. The van der Waals surface area contributed by atoms with Gasteiger partial charge in [-0.2, -0.15) is 0 Å². The van der Waals surface area contributed by atoms with E-state index in [1.54, 1.807) is 0 Å². The molecule has 1 aromatic rings. The third kappa shape index (κ3) is 5.03. The summed E-state index contributed by atoms with van der Waals surface area (Å²) in [6, 6.07) is 7.02. The summed E-state index contributed by atoms with van der Waals surface area (Å²) in [6.07, 6.45) is 4.68. The normalized spacial score (nSPS) is 12.1. The van der Waals surface area contributed by atoms with Gasteiger partial charge in [-0.25, -0.2) is 0 Å². The quantitative estimate of drug-likeness (QED) is 0.696. The number of aryl methyl sites for hydroxylation is 1. The van der Waals surface area contributed by atoms with Gasteiger partial charge in [0.25, 0.3) is 0 Å². The van der Waals surface area contributed by atoms with E-state index in [4.69, 9.17) is 0 Å². The van der Waals surface area contributed by atoms with E-state index >= 15 is 0 Å². The van der Waals surface area contributed by atoms with E-state index in [2.05, 4.69) is 51.7 Å². The van der Waals surface area contributed by atoms with E-state index in [9.17, 15) is 0 Å². The minimum Gasteiger partial charge on any atom is -0.261 e. The number of hydrogen-bond acceptors (Lipinski definition) is 1. The number of rotatable bonds is 5. The molecule has 1 radical (unpaired) electrons. The van der Waals surface area contributed by atoms with Crippen molar-refractivity contribution >= 4 is 8.80 Å². The van der Waals surface area contributed by atoms with Crippen LogP contribution in [0.1, 0.15) is 51.8 Å². The molecule has 0 aliphatic rings. The summed E-state index contributed by atoms with van der Waals surface area (Å²) >= 11 is 0. The number of hydrogen-bond donors (Lipinski definition) is 0. The van der Waals surface area contributed by atoms with Crippen molar-refractivity contribution in [3.63, 3.8) is 0 Å². The van der Waals surface area contributed by atoms with Gasteiger partial charge in [-0.3, -0.25) is 4.98 Å². The molecule has 95 valence electrons. The number of aromatic nitrogens is 1. The Labute approximate surface area is 108 Å². The summed E-state index contributed by atoms with van der Waals surface area (Å²) in [5.41, 5.74) is 2.54. The SMILES string of the molecule is CCCC[Si](Cc1ccc(C)cn1)C(C)(C)C. The van der Waals surface area contributed by atoms with E-state index in [0.29, 0.717) is 5.04 Å². The van der Waals surface area contributed by atoms with Gasteiger partial charge >= 0.3 is 0 Å². The minimum atomic E-state index is -0.350. The molecular weight excluding hydrogens is 222 g/mol. The van der Waals surface area contributed by atoms with E-state index in [-0.39, 0.29) is 8.80 Å². The lowest BCUT2D eigenvalue weighted by molar-refractivity contribution is 0.711. The molecule has 17 heavy (non-hydrogen) atoms. The second kappa shape index (κ2) is 6.34. The van der Waals surface area contributed by atoms with Gasteiger partial charge in [0.1, 0.15) is 0 Å². The van der Waals surface area contributed by atoms with Gasteiger partial charge in [-0.15, -0.1) is 0 Å². The molecule has 0 spiro atoms. The molecule has 0 aliphatic carbocycles. The Kier molecular flexibility index (Phi) is 5.38. The first kappa shape index (κ1) is 14.4. The molecule has 0 aliphatic heterocycles. The Bertz CT molecular complexity index is 324. The Morgan fingerprint density at radius 2 is 1.94 bits per heavy atom. The predicted octanol–water partition coefficient (Wildman–Crippen LogP) is 4.57. The third-order valence-corrected chi connectivity index (χ3v) is 7.13. The molecule has 0 amide bonds. The first-order chi connectivity index (χ1) is 7.93. The lowest BCUT2D eigenvalue weighted by Gasteiger charge is -2.29. The Morgan fingerprint density at radius 1 is 1.24 bits per heavy atom. The van der Waals surface area contributed by atoms with Crippen LogP contribution in [0.5, 0.6) is 0 Å². The van der Waals surface area contributed by atoms with Gasteiger partial charge in [-0.05, 0) is 29.6 Å². The van der Waals surface area contributed by atoms with Crippen LogP contribution in [0.25, 0.3) is 0 Å². The highest BCUT2D eigenvalue weighted by Gasteiger charge is 2.26. The average Bonchev–Trinajstić information content (AvgIpc) is 2.25. The molecule has 2 heteroatoms. The third-order valence-electron chi connectivity index (χ3n) is 3.26. The van der Waals surface area contributed by atoms with Crippen molar-refractivity contribution in [2.24, 2.45) is 0 Å². The van der Waals surface area contributed by atoms with E-state index in [1.807, 2.05) is 6.20 Å². The van der Waals surface area contributed by atoms with Crippen molar-refractivity contribution < 1.29 is 0 Å². The molecule has 1 rings (SSSR count). The van der Waals surface area contributed by atoms with Crippen molar-refractivity contribution in [1.82, 2.24) is 4.98 Å². The van der Waals surface area contributed by atoms with Crippen molar-refractivity contribution in [2.75, 3.05) is 0 Å². The lowest BCUT2D eigenvalue weighted by atomic mass is 10.2. The fourth-order valence-corrected chi connectivity index (χ4v) is 4.82. The van der Waals surface area contributed by atoms with E-state index in [0.717, 1.165) is 0 Å². The second-order valence-electron chi connectivity index (χ2n) is 5.96. The van der Waals surface area contributed by atoms with Gasteiger partial charge < -0.3 is 0 Å². The number of pyridine rings is 1. The van der Waals surface area contributed by atoms with Crippen LogP contribution < -0.4 is 0 Å². The van der Waals surface area contributed by atoms with Crippen LogP contribution >= 0.6 is 0 Å². The summed E-state index contributed by atoms with van der Waals surface area (Å²) in [5, 5.41) is 0.479. The van der Waals surface area contributed by atoms with Crippen molar-refractivity contribution in [1.29, 1.82) is 0 Å². The zero-order valence-electron chi connectivity index (χ0n) is 12.0. The van der Waals surface area contributed by atoms with E-state index in [1.165, 1.54) is 36.2 Å². The minimum absolute atomic E-state index is 0.350. The summed E-state index contributed by atoms with van der Waals surface area (Å²) in [6.45, 7) is 11.6. The molecule has 0 fully saturated rings. The van der Waals surface area contributed by atoms with Gasteiger partial charge in [-0.1, -0.05) is 52.6 Å². The lowest BCUT2D eigenvalue weighted by Crippen LogP contribution is -2.28. The maximum Gasteiger partial charge on any atom is 0.0602 e. The van der Waals surface area contributed by atoms with Crippen molar-refractivity contribution in [2.45, 2.75) is 64.6 Å². The topological polar surface area (TPSA) is 12.9 Å². The van der Waals surface area contributed by atoms with Crippen LogP contribution in [0.4, 0.5) is 0 Å². The molecule has 0 saturated carbocycles. The first-order valence-corrected chi connectivity index (χ1v) is 8.61. The zero-order chi connectivity index (χ0) is 12.9. The highest BCUT2D eigenvalue weighted by atomic mass is 28.3. The molecule has 1 nitrogen and oxygen atoms in total. The summed E-state index contributed by atoms with van der Waals surface area (Å²) in [7, 11) is -0.350. The molecular formula is C15H26NSi. The predicted molar refractivity (Wildman–Crippen MR) is 77.9 cm³/mol. The molecule has 1 aromatic heterocycles. The van der Waals surface area contributed by atoms with Gasteiger partial charge in [0.05, 0.1) is 8.80 Å². The molecule has 0 unspecified atom stereocenters. The second-order valence-corrected chi connectivity index (χ2v) is 9.52. The van der Waals surface area contributed by atoms with Crippen LogP contribution in [0.15, 0.2) is 18.3 Å². The highest BCUT2D eigenvalue weighted by Crippen LogP contribution is 2.32. The van der Waals surface area contributed by atoms with E-state index < -0.39 is 0 Å². The first-order valence-electron chi connectivity index (χ1n) is 6.70. The Hall–Kier alpha value is -0.633. The largest absolute Gasteiger partial charge is 0.261 e. The van der Waals surface area contributed by atoms with Gasteiger partial charge in [0.15, 0.2) is 0 Å². The standard InChI is InChI=1S/C15H26NSi/c1-6-7-10-17(15(3,4)5)12-14-9-8-13(2)11-16-14/h8-9,11H,6-7,10,12H2,1-5H3. The van der Waals surface area contributed by atoms with Gasteiger partial charge in [0, 0.05) is 11.9 Å². The summed E-state index contributed by atoms with van der Waals surface area (Å²) in [5.74, 6) is 0. The van der Waals surface area contributed by atoms with Crippen LogP contribution in [0.3, 0.4) is 0 Å². The maximum atomic E-state index is 4.57. The smallest absolute Gasteiger partial charge is 0.0602 e. The van der Waals surface area contributed by atoms with Crippen LogP contribution in [-0.2, 0) is 6.04 Å². The van der Waals surface area contributed by atoms with Crippen molar-refractivity contribution in [3.8, 4) is 0 Å². The van der Waals surface area contributed by atoms with Crippen LogP contribution in [-0.4, -0.2) is 13.8 Å². The molecule has 0 atom stereocenters. The highest BCUT2D eigenvalue weighted by molar-refractivity contribution is 6.61. The fourth-order valence-electron chi connectivity index (χ4n) is 1.94. The molecule has 0 bridgehead atoms. The average molecular weight is 248 g/mol. The summed E-state index contributed by atoms with van der Waals surface area (Å²) < 4.78 is 0. The number of nitrogens with zero attached hydrogens (tertiary/aromatic N) is 1. The fraction of sp³-hybridized carbons (Fsp3) is 0.667. The Balaban J connectivity index is 2.68. The molecule has 0 aromatic carbocycles. The zero-order valence-corrected chi connectivity index (χ0v) is 13.0. The maximum absolute atomic E-state index is 4.57. The van der Waals surface area contributed by atoms with Crippen LogP contribution in [0.2, 0.25) is 11.1 Å². The molecule has 0 saturated heterocycles. The van der Waals surface area contributed by atoms with Gasteiger partial charge in [0.2, 0.25) is 0 Å². The molecule has 0 N–H and O–H groups in total. The number of unbranched alkanes of at least 4 members (excludes halogenated alkanes) is 1. The Morgan fingerprint density at radius 3 is 2.41 bits per heavy atom. The van der Waals surface area contributed by atoms with Crippen LogP contribution in [0, 0.1) is 6.92 Å². The molecule has 1 heterocycles.